The summed E-state index contributed by atoms with van der Waals surface area (Å²) in [5, 5.41) is 11.4. The van der Waals surface area contributed by atoms with Crippen molar-refractivity contribution in [3.05, 3.63) is 35.1 Å². The highest BCUT2D eigenvalue weighted by Crippen LogP contribution is 2.17. The van der Waals surface area contributed by atoms with Crippen molar-refractivity contribution in [1.82, 2.24) is 29.9 Å². The summed E-state index contributed by atoms with van der Waals surface area (Å²) in [5.41, 5.74) is 1.89. The van der Waals surface area contributed by atoms with Crippen molar-refractivity contribution in [3.8, 4) is 0 Å². The van der Waals surface area contributed by atoms with E-state index < -0.39 is 0 Å². The molecule has 1 unspecified atom stereocenters. The first-order chi connectivity index (χ1) is 9.63. The molecule has 0 aliphatic rings. The first-order valence-electron chi connectivity index (χ1n) is 6.20. The van der Waals surface area contributed by atoms with Gasteiger partial charge in [0.15, 0.2) is 4.96 Å². The first-order valence-corrected chi connectivity index (χ1v) is 7.08. The molecule has 3 rings (SSSR count). The molecule has 20 heavy (non-hydrogen) atoms. The summed E-state index contributed by atoms with van der Waals surface area (Å²) in [7, 11) is 0. The van der Waals surface area contributed by atoms with Gasteiger partial charge in [-0.2, -0.15) is 5.10 Å². The highest BCUT2D eigenvalue weighted by Gasteiger charge is 2.14. The fourth-order valence-corrected chi connectivity index (χ4v) is 2.94. The van der Waals surface area contributed by atoms with Gasteiger partial charge in [-0.15, -0.1) is 11.3 Å². The molecule has 0 radical (unpaired) electrons. The van der Waals surface area contributed by atoms with Crippen LogP contribution in [0.3, 0.4) is 0 Å². The van der Waals surface area contributed by atoms with Crippen LogP contribution in [-0.2, 0) is 11.2 Å². The largest absolute Gasteiger partial charge is 0.346 e. The third-order valence-electron chi connectivity index (χ3n) is 2.97. The minimum Gasteiger partial charge on any atom is -0.346 e. The van der Waals surface area contributed by atoms with Crippen molar-refractivity contribution in [2.24, 2.45) is 0 Å². The summed E-state index contributed by atoms with van der Waals surface area (Å²) in [5.74, 6) is 0.590. The quantitative estimate of drug-likeness (QED) is 0.756. The Morgan fingerprint density at radius 1 is 1.60 bits per heavy atom. The van der Waals surface area contributed by atoms with Crippen LogP contribution in [0.4, 0.5) is 0 Å². The van der Waals surface area contributed by atoms with Crippen LogP contribution in [-0.4, -0.2) is 30.5 Å². The van der Waals surface area contributed by atoms with Gasteiger partial charge in [-0.25, -0.2) is 9.97 Å². The highest BCUT2D eigenvalue weighted by atomic mass is 32.1. The molecule has 0 saturated heterocycles. The lowest BCUT2D eigenvalue weighted by atomic mass is 10.2. The molecule has 8 heteroatoms. The minimum atomic E-state index is -0.191. The maximum absolute atomic E-state index is 12.1. The number of hydrogen-bond acceptors (Lipinski definition) is 5. The average Bonchev–Trinajstić information content (AvgIpc) is 3.07. The lowest BCUT2D eigenvalue weighted by Crippen LogP contribution is -2.29. The minimum absolute atomic E-state index is 0.0556. The van der Waals surface area contributed by atoms with Gasteiger partial charge in [0.25, 0.3) is 0 Å². The number of fused-ring (bicyclic) bond motifs is 1. The first kappa shape index (κ1) is 12.8. The average molecular weight is 290 g/mol. The van der Waals surface area contributed by atoms with E-state index in [-0.39, 0.29) is 11.9 Å². The normalized spacial score (nSPS) is 12.7. The van der Waals surface area contributed by atoms with Crippen LogP contribution in [0.5, 0.6) is 0 Å². The molecular formula is C12H14N6OS. The second-order valence-corrected chi connectivity index (χ2v) is 5.44. The summed E-state index contributed by atoms with van der Waals surface area (Å²) in [6, 6.07) is -0.191. The van der Waals surface area contributed by atoms with E-state index in [0.29, 0.717) is 12.2 Å². The van der Waals surface area contributed by atoms with Gasteiger partial charge in [-0.3, -0.25) is 14.3 Å². The van der Waals surface area contributed by atoms with Gasteiger partial charge in [0.2, 0.25) is 5.91 Å². The number of aromatic amines is 1. The molecule has 0 bridgehead atoms. The van der Waals surface area contributed by atoms with Gasteiger partial charge >= 0.3 is 0 Å². The van der Waals surface area contributed by atoms with Crippen molar-refractivity contribution < 1.29 is 4.79 Å². The lowest BCUT2D eigenvalue weighted by molar-refractivity contribution is -0.121. The Labute approximate surface area is 119 Å². The molecule has 0 aliphatic heterocycles. The van der Waals surface area contributed by atoms with Crippen LogP contribution in [0.25, 0.3) is 4.96 Å². The fourth-order valence-electron chi connectivity index (χ4n) is 2.02. The number of hydrogen-bond donors (Lipinski definition) is 2. The van der Waals surface area contributed by atoms with Crippen molar-refractivity contribution in [2.75, 3.05) is 0 Å². The van der Waals surface area contributed by atoms with Gasteiger partial charge in [0.1, 0.15) is 12.2 Å². The van der Waals surface area contributed by atoms with E-state index in [0.717, 1.165) is 16.3 Å². The smallest absolute Gasteiger partial charge is 0.226 e. The Hall–Kier alpha value is -2.22. The Kier molecular flexibility index (Phi) is 3.23. The third-order valence-corrected chi connectivity index (χ3v) is 3.86. The van der Waals surface area contributed by atoms with Crippen LogP contribution in [0, 0.1) is 6.92 Å². The van der Waals surface area contributed by atoms with Crippen LogP contribution in [0.1, 0.15) is 30.2 Å². The molecule has 3 heterocycles. The number of rotatable bonds is 4. The maximum Gasteiger partial charge on any atom is 0.226 e. The van der Waals surface area contributed by atoms with E-state index in [1.165, 1.54) is 17.7 Å². The number of H-pyrrole nitrogens is 1. The zero-order chi connectivity index (χ0) is 14.1. The predicted octanol–water partition coefficient (Wildman–Crippen LogP) is 1.24. The Balaban J connectivity index is 1.69. The zero-order valence-corrected chi connectivity index (χ0v) is 11.9. The molecule has 2 N–H and O–H groups in total. The molecule has 3 aromatic rings. The number of aryl methyl sites for hydroxylation is 1. The summed E-state index contributed by atoms with van der Waals surface area (Å²) in [6.45, 7) is 3.80. The molecule has 0 aromatic carbocycles. The summed E-state index contributed by atoms with van der Waals surface area (Å²) >= 11 is 1.54. The second-order valence-electron chi connectivity index (χ2n) is 4.60. The molecule has 0 saturated carbocycles. The van der Waals surface area contributed by atoms with Gasteiger partial charge in [-0.05, 0) is 13.8 Å². The van der Waals surface area contributed by atoms with Crippen molar-refractivity contribution in [3.63, 3.8) is 0 Å². The van der Waals surface area contributed by atoms with Crippen molar-refractivity contribution in [2.45, 2.75) is 26.3 Å². The number of nitrogens with zero attached hydrogens (tertiary/aromatic N) is 4. The number of amides is 1. The van der Waals surface area contributed by atoms with Crippen LogP contribution in [0.2, 0.25) is 0 Å². The van der Waals surface area contributed by atoms with Crippen LogP contribution in [0.15, 0.2) is 17.9 Å². The number of imidazole rings is 1. The Morgan fingerprint density at radius 3 is 3.20 bits per heavy atom. The Morgan fingerprint density at radius 2 is 2.45 bits per heavy atom. The van der Waals surface area contributed by atoms with E-state index >= 15 is 0 Å². The molecule has 104 valence electrons. The zero-order valence-electron chi connectivity index (χ0n) is 11.1. The van der Waals surface area contributed by atoms with E-state index in [1.54, 1.807) is 0 Å². The number of nitrogens with one attached hydrogen (secondary N) is 2. The molecule has 0 aliphatic carbocycles. The van der Waals surface area contributed by atoms with Crippen molar-refractivity contribution in [1.29, 1.82) is 0 Å². The summed E-state index contributed by atoms with van der Waals surface area (Å²) < 4.78 is 1.96. The molecular weight excluding hydrogens is 276 g/mol. The third kappa shape index (κ3) is 2.42. The standard InChI is InChI=1S/C12H14N6OS/c1-7-4-18-9(5-20-12(18)15-7)3-10(19)16-8(2)11-13-6-14-17-11/h4-6,8H,3H2,1-2H3,(H,16,19)(H,13,14,17). The van der Waals surface area contributed by atoms with Crippen LogP contribution < -0.4 is 5.32 Å². The fraction of sp³-hybridized carbons (Fsp3) is 0.333. The number of aromatic nitrogens is 5. The summed E-state index contributed by atoms with van der Waals surface area (Å²) in [6.07, 6.45) is 3.68. The molecule has 0 spiro atoms. The maximum atomic E-state index is 12.1. The Bertz CT molecular complexity index is 728. The van der Waals surface area contributed by atoms with Gasteiger partial charge in [0, 0.05) is 17.3 Å². The molecule has 3 aromatic heterocycles. The second kappa shape index (κ2) is 5.04. The number of thiazole rings is 1. The lowest BCUT2D eigenvalue weighted by Gasteiger charge is -2.10. The molecule has 1 amide bonds. The van der Waals surface area contributed by atoms with Gasteiger partial charge < -0.3 is 5.32 Å². The topological polar surface area (TPSA) is 88.0 Å². The van der Waals surface area contributed by atoms with E-state index in [1.807, 2.05) is 29.8 Å². The predicted molar refractivity (Wildman–Crippen MR) is 74.5 cm³/mol. The van der Waals surface area contributed by atoms with Crippen LogP contribution >= 0.6 is 11.3 Å². The monoisotopic (exact) mass is 290 g/mol. The molecule has 7 nitrogen and oxygen atoms in total. The van der Waals surface area contributed by atoms with E-state index in [4.69, 9.17) is 0 Å². The van der Waals surface area contributed by atoms with E-state index in [2.05, 4.69) is 25.5 Å². The summed E-state index contributed by atoms with van der Waals surface area (Å²) in [4.78, 5) is 21.4. The van der Waals surface area contributed by atoms with Gasteiger partial charge in [-0.1, -0.05) is 0 Å². The van der Waals surface area contributed by atoms with Gasteiger partial charge in [0.05, 0.1) is 18.2 Å². The van der Waals surface area contributed by atoms with Crippen molar-refractivity contribution >= 4 is 22.2 Å². The number of carbonyl (C=O) groups excluding carboxylic acids is 1. The SMILES string of the molecule is Cc1cn2c(CC(=O)NC(C)c3ncn[nH]3)csc2n1. The molecule has 1 atom stereocenters. The molecule has 0 fully saturated rings. The van der Waals surface area contributed by atoms with E-state index in [9.17, 15) is 4.79 Å². The number of carbonyl (C=O) groups is 1. The highest BCUT2D eigenvalue weighted by molar-refractivity contribution is 7.15.